The zero-order valence-corrected chi connectivity index (χ0v) is 12.0. The van der Waals surface area contributed by atoms with Gasteiger partial charge in [0.2, 0.25) is 10.0 Å². The van der Waals surface area contributed by atoms with Crippen molar-refractivity contribution in [2.75, 3.05) is 6.54 Å². The van der Waals surface area contributed by atoms with Gasteiger partial charge in [-0.2, -0.15) is 0 Å². The summed E-state index contributed by atoms with van der Waals surface area (Å²) in [5.74, 6) is -0.456. The standard InChI is InChI=1S/C14H12ClFNO2S/c15-12-4-6-14(7-5-12)20(18,19)17-9-8-11-2-1-3-13(16)10-11/h1-2,4-7,10,17H,8-9H2. The molecule has 0 aromatic heterocycles. The summed E-state index contributed by atoms with van der Waals surface area (Å²) in [6.45, 7) is 0.189. The molecule has 6 heteroatoms. The van der Waals surface area contributed by atoms with E-state index in [0.717, 1.165) is 0 Å². The average Bonchev–Trinajstić information content (AvgIpc) is 2.39. The molecule has 2 rings (SSSR count). The van der Waals surface area contributed by atoms with E-state index in [1.165, 1.54) is 36.4 Å². The van der Waals surface area contributed by atoms with Crippen LogP contribution in [0.2, 0.25) is 5.02 Å². The predicted molar refractivity (Wildman–Crippen MR) is 75.6 cm³/mol. The Kier molecular flexibility index (Phi) is 4.75. The van der Waals surface area contributed by atoms with Gasteiger partial charge in [-0.1, -0.05) is 23.7 Å². The van der Waals surface area contributed by atoms with E-state index in [9.17, 15) is 12.8 Å². The number of halogens is 2. The van der Waals surface area contributed by atoms with Crippen LogP contribution in [0.3, 0.4) is 0 Å². The van der Waals surface area contributed by atoms with Crippen molar-refractivity contribution in [3.05, 3.63) is 64.9 Å². The van der Waals surface area contributed by atoms with Crippen molar-refractivity contribution < 1.29 is 12.8 Å². The van der Waals surface area contributed by atoms with Crippen LogP contribution in [0.1, 0.15) is 5.56 Å². The van der Waals surface area contributed by atoms with E-state index in [-0.39, 0.29) is 11.4 Å². The van der Waals surface area contributed by atoms with E-state index < -0.39 is 15.8 Å². The second-order valence-corrected chi connectivity index (χ2v) is 6.35. The smallest absolute Gasteiger partial charge is 0.211 e. The second-order valence-electron chi connectivity index (χ2n) is 4.15. The minimum absolute atomic E-state index is 0.148. The highest BCUT2D eigenvalue weighted by atomic mass is 35.5. The number of hydrogen-bond acceptors (Lipinski definition) is 2. The average molecular weight is 313 g/mol. The number of benzene rings is 2. The monoisotopic (exact) mass is 312 g/mol. The quantitative estimate of drug-likeness (QED) is 0.923. The van der Waals surface area contributed by atoms with Crippen LogP contribution in [0, 0.1) is 11.9 Å². The van der Waals surface area contributed by atoms with E-state index in [1.54, 1.807) is 6.07 Å². The molecule has 1 radical (unpaired) electrons. The maximum absolute atomic E-state index is 12.9. The van der Waals surface area contributed by atoms with Gasteiger partial charge in [-0.3, -0.25) is 0 Å². The molecular weight excluding hydrogens is 301 g/mol. The van der Waals surface area contributed by atoms with Crippen molar-refractivity contribution in [1.82, 2.24) is 4.72 Å². The molecule has 2 aromatic carbocycles. The first-order valence-electron chi connectivity index (χ1n) is 5.89. The van der Waals surface area contributed by atoms with Gasteiger partial charge < -0.3 is 0 Å². The van der Waals surface area contributed by atoms with Gasteiger partial charge in [-0.15, -0.1) is 0 Å². The van der Waals surface area contributed by atoms with Crippen molar-refractivity contribution >= 4 is 21.6 Å². The Morgan fingerprint density at radius 2 is 1.90 bits per heavy atom. The Bertz CT molecular complexity index is 687. The summed E-state index contributed by atoms with van der Waals surface area (Å²) in [5, 5.41) is 0.472. The van der Waals surface area contributed by atoms with Crippen molar-refractivity contribution in [2.24, 2.45) is 0 Å². The molecule has 0 amide bonds. The number of rotatable bonds is 5. The van der Waals surface area contributed by atoms with Crippen molar-refractivity contribution in [2.45, 2.75) is 11.3 Å². The molecule has 20 heavy (non-hydrogen) atoms. The first kappa shape index (κ1) is 15.0. The van der Waals surface area contributed by atoms with Gasteiger partial charge in [-0.25, -0.2) is 17.5 Å². The highest BCUT2D eigenvalue weighted by molar-refractivity contribution is 7.89. The third-order valence-electron chi connectivity index (χ3n) is 2.66. The minimum Gasteiger partial charge on any atom is -0.211 e. The molecule has 0 aliphatic heterocycles. The normalized spacial score (nSPS) is 11.5. The molecule has 105 valence electrons. The number of hydrogen-bond donors (Lipinski definition) is 1. The zero-order chi connectivity index (χ0) is 14.6. The molecule has 0 atom stereocenters. The molecule has 3 nitrogen and oxygen atoms in total. The van der Waals surface area contributed by atoms with Gasteiger partial charge >= 0.3 is 0 Å². The van der Waals surface area contributed by atoms with Crippen LogP contribution in [0.5, 0.6) is 0 Å². The number of nitrogens with one attached hydrogen (secondary N) is 1. The third kappa shape index (κ3) is 4.03. The summed E-state index contributed by atoms with van der Waals surface area (Å²) in [7, 11) is -3.57. The van der Waals surface area contributed by atoms with Gasteiger partial charge in [0.25, 0.3) is 0 Å². The van der Waals surface area contributed by atoms with E-state index in [2.05, 4.69) is 10.8 Å². The molecule has 0 saturated heterocycles. The largest absolute Gasteiger partial charge is 0.240 e. The van der Waals surface area contributed by atoms with Crippen LogP contribution >= 0.6 is 11.6 Å². The maximum atomic E-state index is 12.9. The minimum atomic E-state index is -3.57. The van der Waals surface area contributed by atoms with Gasteiger partial charge in [0, 0.05) is 17.6 Å². The Labute approximate surface area is 122 Å². The van der Waals surface area contributed by atoms with Crippen LogP contribution in [0.15, 0.2) is 47.4 Å². The fraction of sp³-hybridized carbons (Fsp3) is 0.143. The molecular formula is C14H12ClFNO2S. The lowest BCUT2D eigenvalue weighted by Crippen LogP contribution is -2.25. The van der Waals surface area contributed by atoms with Crippen molar-refractivity contribution in [1.29, 1.82) is 0 Å². The SMILES string of the molecule is O=S(=O)(NCCc1cc[c]c(F)c1)c1ccc(Cl)cc1. The first-order chi connectivity index (χ1) is 9.47. The van der Waals surface area contributed by atoms with Gasteiger partial charge in [0.1, 0.15) is 5.82 Å². The summed E-state index contributed by atoms with van der Waals surface area (Å²) in [6, 6.07) is 12.8. The van der Waals surface area contributed by atoms with E-state index in [0.29, 0.717) is 17.0 Å². The summed E-state index contributed by atoms with van der Waals surface area (Å²) in [5.41, 5.74) is 0.708. The molecule has 2 aromatic rings. The van der Waals surface area contributed by atoms with Crippen molar-refractivity contribution in [3.63, 3.8) is 0 Å². The van der Waals surface area contributed by atoms with Crippen LogP contribution in [0.4, 0.5) is 4.39 Å². The van der Waals surface area contributed by atoms with Crippen molar-refractivity contribution in [3.8, 4) is 0 Å². The van der Waals surface area contributed by atoms with E-state index in [1.807, 2.05) is 0 Å². The molecule has 0 heterocycles. The lowest BCUT2D eigenvalue weighted by molar-refractivity contribution is 0.581. The Morgan fingerprint density at radius 1 is 1.20 bits per heavy atom. The number of sulfonamides is 1. The molecule has 0 spiro atoms. The van der Waals surface area contributed by atoms with Crippen LogP contribution in [-0.4, -0.2) is 15.0 Å². The maximum Gasteiger partial charge on any atom is 0.240 e. The van der Waals surface area contributed by atoms with Crippen LogP contribution in [-0.2, 0) is 16.4 Å². The molecule has 1 N–H and O–H groups in total. The van der Waals surface area contributed by atoms with E-state index >= 15 is 0 Å². The van der Waals surface area contributed by atoms with E-state index in [4.69, 9.17) is 11.6 Å². The second kappa shape index (κ2) is 6.35. The molecule has 0 saturated carbocycles. The molecule has 0 bridgehead atoms. The Balaban J connectivity index is 1.98. The summed E-state index contributed by atoms with van der Waals surface area (Å²) >= 11 is 5.71. The fourth-order valence-electron chi connectivity index (χ4n) is 1.66. The lowest BCUT2D eigenvalue weighted by atomic mass is 10.1. The van der Waals surface area contributed by atoms with Gasteiger partial charge in [-0.05, 0) is 42.3 Å². The summed E-state index contributed by atoms with van der Waals surface area (Å²) in [6.07, 6.45) is 0.401. The fourth-order valence-corrected chi connectivity index (χ4v) is 2.82. The zero-order valence-electron chi connectivity index (χ0n) is 10.4. The molecule has 0 aliphatic rings. The summed E-state index contributed by atoms with van der Waals surface area (Å²) in [4.78, 5) is 0.148. The van der Waals surface area contributed by atoms with Gasteiger partial charge in [0.15, 0.2) is 0 Å². The predicted octanol–water partition coefficient (Wildman–Crippen LogP) is 2.80. The Hall–Kier alpha value is -1.43. The highest BCUT2D eigenvalue weighted by Gasteiger charge is 2.12. The van der Waals surface area contributed by atoms with Gasteiger partial charge in [0.05, 0.1) is 4.90 Å². The molecule has 0 fully saturated rings. The summed E-state index contributed by atoms with van der Waals surface area (Å²) < 4.78 is 39.3. The third-order valence-corrected chi connectivity index (χ3v) is 4.39. The highest BCUT2D eigenvalue weighted by Crippen LogP contribution is 2.13. The lowest BCUT2D eigenvalue weighted by Gasteiger charge is -2.07. The van der Waals surface area contributed by atoms with Crippen LogP contribution in [0.25, 0.3) is 0 Å². The molecule has 0 unspecified atom stereocenters. The topological polar surface area (TPSA) is 46.2 Å². The Morgan fingerprint density at radius 3 is 2.55 bits per heavy atom. The first-order valence-corrected chi connectivity index (χ1v) is 7.75. The van der Waals surface area contributed by atoms with Crippen LogP contribution < -0.4 is 4.72 Å². The molecule has 0 aliphatic carbocycles.